The number of benzene rings is 1. The minimum atomic E-state index is -0.762. The molecule has 0 saturated heterocycles. The van der Waals surface area contributed by atoms with E-state index in [4.69, 9.17) is 14.2 Å². The van der Waals surface area contributed by atoms with Crippen LogP contribution in [0.25, 0.3) is 0 Å². The third kappa shape index (κ3) is 2.17. The lowest BCUT2D eigenvalue weighted by Crippen LogP contribution is -2.47. The van der Waals surface area contributed by atoms with Gasteiger partial charge in [0.1, 0.15) is 17.4 Å². The molecule has 0 spiro atoms. The average Bonchev–Trinajstić information content (AvgIpc) is 2.46. The van der Waals surface area contributed by atoms with E-state index in [9.17, 15) is 9.59 Å². The largest absolute Gasteiger partial charge is 0.466 e. The van der Waals surface area contributed by atoms with E-state index < -0.39 is 18.2 Å². The number of allylic oxidation sites excluding steroid dienone is 2. The lowest BCUT2D eigenvalue weighted by Gasteiger charge is -2.42. The van der Waals surface area contributed by atoms with Crippen LogP contribution in [0.15, 0.2) is 35.6 Å². The molecule has 22 heavy (non-hydrogen) atoms. The Balaban J connectivity index is 2.16. The number of hydrogen-bond donors (Lipinski definition) is 0. The van der Waals surface area contributed by atoms with Gasteiger partial charge < -0.3 is 14.2 Å². The molecule has 1 aromatic rings. The van der Waals surface area contributed by atoms with Gasteiger partial charge in [0.05, 0.1) is 6.61 Å². The summed E-state index contributed by atoms with van der Waals surface area (Å²) in [7, 11) is 0. The van der Waals surface area contributed by atoms with Crippen LogP contribution in [0.1, 0.15) is 32.3 Å². The fraction of sp³-hybridized carbons (Fsp3) is 0.412. The summed E-state index contributed by atoms with van der Waals surface area (Å²) in [6, 6.07) is 7.42. The highest BCUT2D eigenvalue weighted by Gasteiger charge is 2.51. The Labute approximate surface area is 128 Å². The zero-order valence-electron chi connectivity index (χ0n) is 12.8. The van der Waals surface area contributed by atoms with Gasteiger partial charge in [-0.15, -0.1) is 0 Å². The molecule has 1 aromatic carbocycles. The van der Waals surface area contributed by atoms with Crippen molar-refractivity contribution >= 4 is 11.8 Å². The number of rotatable bonds is 3. The Morgan fingerprint density at radius 2 is 1.95 bits per heavy atom. The minimum Gasteiger partial charge on any atom is -0.466 e. The molecule has 0 aromatic heterocycles. The molecule has 116 valence electrons. The first-order valence-corrected chi connectivity index (χ1v) is 7.35. The Morgan fingerprint density at radius 1 is 1.23 bits per heavy atom. The molecule has 0 radical (unpaired) electrons. The van der Waals surface area contributed by atoms with Gasteiger partial charge in [0.15, 0.2) is 5.78 Å². The number of ketones is 1. The number of carbonyl (C=O) groups is 2. The first-order chi connectivity index (χ1) is 10.5. The maximum absolute atomic E-state index is 12.4. The van der Waals surface area contributed by atoms with Crippen LogP contribution in [0.5, 0.6) is 5.75 Å². The highest BCUT2D eigenvalue weighted by Crippen LogP contribution is 2.49. The van der Waals surface area contributed by atoms with Gasteiger partial charge in [0.2, 0.25) is 0 Å². The van der Waals surface area contributed by atoms with Crippen molar-refractivity contribution in [3.8, 4) is 5.75 Å². The van der Waals surface area contributed by atoms with Crippen molar-refractivity contribution in [3.63, 3.8) is 0 Å². The van der Waals surface area contributed by atoms with E-state index in [1.54, 1.807) is 13.8 Å². The second kappa shape index (κ2) is 5.48. The summed E-state index contributed by atoms with van der Waals surface area (Å²) in [5.74, 6) is -0.412. The van der Waals surface area contributed by atoms with Crippen LogP contribution in [0.4, 0.5) is 0 Å². The van der Waals surface area contributed by atoms with Gasteiger partial charge in [-0.1, -0.05) is 18.2 Å². The Kier molecular flexibility index (Phi) is 3.64. The van der Waals surface area contributed by atoms with Crippen molar-refractivity contribution < 1.29 is 23.8 Å². The molecule has 2 aliphatic heterocycles. The smallest absolute Gasteiger partial charge is 0.317 e. The third-order valence-corrected chi connectivity index (χ3v) is 4.07. The molecule has 5 heteroatoms. The minimum absolute atomic E-state index is 0.105. The van der Waals surface area contributed by atoms with Crippen LogP contribution >= 0.6 is 0 Å². The fourth-order valence-corrected chi connectivity index (χ4v) is 3.24. The van der Waals surface area contributed by atoms with E-state index in [-0.39, 0.29) is 18.3 Å². The maximum Gasteiger partial charge on any atom is 0.317 e. The predicted octanol–water partition coefficient (Wildman–Crippen LogP) is 2.56. The molecular formula is C17H18O5. The van der Waals surface area contributed by atoms with Crippen LogP contribution in [-0.2, 0) is 19.1 Å². The van der Waals surface area contributed by atoms with Gasteiger partial charge >= 0.3 is 5.97 Å². The number of hydrogen-bond acceptors (Lipinski definition) is 5. The summed E-state index contributed by atoms with van der Waals surface area (Å²) >= 11 is 0. The molecule has 3 rings (SSSR count). The van der Waals surface area contributed by atoms with E-state index in [1.807, 2.05) is 24.3 Å². The second-order valence-electron chi connectivity index (χ2n) is 5.42. The highest BCUT2D eigenvalue weighted by atomic mass is 16.7. The van der Waals surface area contributed by atoms with E-state index in [1.165, 1.54) is 6.92 Å². The Morgan fingerprint density at radius 3 is 2.64 bits per heavy atom. The monoisotopic (exact) mass is 302 g/mol. The van der Waals surface area contributed by atoms with Crippen molar-refractivity contribution in [2.75, 3.05) is 6.61 Å². The second-order valence-corrected chi connectivity index (χ2v) is 5.42. The van der Waals surface area contributed by atoms with E-state index >= 15 is 0 Å². The zero-order valence-corrected chi connectivity index (χ0v) is 12.8. The van der Waals surface area contributed by atoms with Crippen molar-refractivity contribution in [1.29, 1.82) is 0 Å². The molecule has 3 atom stereocenters. The van der Waals surface area contributed by atoms with Gasteiger partial charge in [-0.05, 0) is 26.8 Å². The summed E-state index contributed by atoms with van der Waals surface area (Å²) in [5.41, 5.74) is 1.34. The number of para-hydroxylation sites is 1. The van der Waals surface area contributed by atoms with E-state index in [0.717, 1.165) is 5.56 Å². The van der Waals surface area contributed by atoms with Gasteiger partial charge in [0.25, 0.3) is 6.29 Å². The first kappa shape index (κ1) is 14.6. The van der Waals surface area contributed by atoms with Gasteiger partial charge in [-0.25, -0.2) is 0 Å². The first-order valence-electron chi connectivity index (χ1n) is 7.35. The lowest BCUT2D eigenvalue weighted by atomic mass is 9.75. The quantitative estimate of drug-likeness (QED) is 0.803. The van der Waals surface area contributed by atoms with E-state index in [2.05, 4.69) is 0 Å². The lowest BCUT2D eigenvalue weighted by molar-refractivity contribution is -0.171. The topological polar surface area (TPSA) is 61.8 Å². The van der Waals surface area contributed by atoms with Crippen molar-refractivity contribution in [3.05, 3.63) is 41.2 Å². The standard InChI is InChI=1S/C17H18O5/c1-4-20-16(19)15-14-11-7-5-6-8-12(11)22-17(15)21-10(3)13(14)9(2)18/h5-8,14-15,17H,4H2,1-3H3/t14-,15-,17-/m1/s1. The number of carbonyl (C=O) groups excluding carboxylic acids is 2. The van der Waals surface area contributed by atoms with Crippen LogP contribution < -0.4 is 4.74 Å². The van der Waals surface area contributed by atoms with Crippen molar-refractivity contribution in [1.82, 2.24) is 0 Å². The number of ether oxygens (including phenoxy) is 3. The molecule has 5 nitrogen and oxygen atoms in total. The molecule has 0 saturated carbocycles. The molecule has 2 aliphatic rings. The van der Waals surface area contributed by atoms with Gasteiger partial charge in [-0.2, -0.15) is 0 Å². The molecule has 2 heterocycles. The summed E-state index contributed by atoms with van der Waals surface area (Å²) in [4.78, 5) is 24.5. The van der Waals surface area contributed by atoms with Crippen LogP contribution in [0.3, 0.4) is 0 Å². The molecule has 0 fully saturated rings. The fourth-order valence-electron chi connectivity index (χ4n) is 3.24. The van der Waals surface area contributed by atoms with Crippen LogP contribution in [0, 0.1) is 5.92 Å². The highest BCUT2D eigenvalue weighted by molar-refractivity contribution is 5.97. The molecule has 0 amide bonds. The zero-order chi connectivity index (χ0) is 15.9. The van der Waals surface area contributed by atoms with Crippen LogP contribution in [0.2, 0.25) is 0 Å². The molecule has 2 bridgehead atoms. The number of Topliss-reactive ketones (excluding diaryl/α,β-unsaturated/α-hetero) is 1. The third-order valence-electron chi connectivity index (χ3n) is 4.07. The predicted molar refractivity (Wildman–Crippen MR) is 78.2 cm³/mol. The number of fused-ring (bicyclic) bond motifs is 4. The average molecular weight is 302 g/mol. The summed E-state index contributed by atoms with van der Waals surface area (Å²) < 4.78 is 16.7. The van der Waals surface area contributed by atoms with Crippen molar-refractivity contribution in [2.24, 2.45) is 5.92 Å². The van der Waals surface area contributed by atoms with Crippen molar-refractivity contribution in [2.45, 2.75) is 33.0 Å². The van der Waals surface area contributed by atoms with Gasteiger partial charge in [0, 0.05) is 17.1 Å². The molecule has 0 N–H and O–H groups in total. The summed E-state index contributed by atoms with van der Waals surface area (Å²) in [6.45, 7) is 5.24. The van der Waals surface area contributed by atoms with Gasteiger partial charge in [-0.3, -0.25) is 9.59 Å². The summed E-state index contributed by atoms with van der Waals surface area (Å²) in [6.07, 6.45) is -0.762. The maximum atomic E-state index is 12.4. The molecular weight excluding hydrogens is 284 g/mol. The Hall–Kier alpha value is -2.30. The number of esters is 1. The molecule has 0 aliphatic carbocycles. The molecule has 0 unspecified atom stereocenters. The Bertz CT molecular complexity index is 661. The normalized spacial score (nSPS) is 25.7. The summed E-state index contributed by atoms with van der Waals surface area (Å²) in [5, 5.41) is 0. The van der Waals surface area contributed by atoms with E-state index in [0.29, 0.717) is 17.1 Å². The SMILES string of the molecule is CCOC(=O)[C@@H]1[C@@H]2OC(C)=C(C(C)=O)[C@H]1c1ccccc1O2. The van der Waals surface area contributed by atoms with Crippen LogP contribution in [-0.4, -0.2) is 24.6 Å².